The molecule has 0 amide bonds. The van der Waals surface area contributed by atoms with Crippen LogP contribution < -0.4 is 10.6 Å². The van der Waals surface area contributed by atoms with Gasteiger partial charge >= 0.3 is 6.18 Å². The van der Waals surface area contributed by atoms with Crippen LogP contribution in [0.3, 0.4) is 0 Å². The lowest BCUT2D eigenvalue weighted by molar-refractivity contribution is -0.195. The van der Waals surface area contributed by atoms with Gasteiger partial charge in [0.25, 0.3) is 0 Å². The summed E-state index contributed by atoms with van der Waals surface area (Å²) in [5.74, 6) is 1.37. The number of hydrogen-bond donors (Lipinski definition) is 2. The molecule has 0 aromatic carbocycles. The normalized spacial score (nSPS) is 26.6. The van der Waals surface area contributed by atoms with Crippen molar-refractivity contribution in [3.05, 3.63) is 11.6 Å². The number of aromatic nitrogens is 3. The molecule has 3 unspecified atom stereocenters. The molecule has 0 radical (unpaired) electrons. The molecule has 2 N–H and O–H groups in total. The standard InChI is InChI=1S/C18H29F3N6/c1-12-25-26-16-8-7-13(11-27(12)16)9-23-17(22-2)24-10-14-5-3-4-6-15(14)18(19,20)21/h13-15H,3-11H2,1-2H3,(H2,22,23,24). The third-order valence-corrected chi connectivity index (χ3v) is 5.87. The summed E-state index contributed by atoms with van der Waals surface area (Å²) in [5, 5.41) is 14.7. The maximum Gasteiger partial charge on any atom is 0.392 e. The van der Waals surface area contributed by atoms with Crippen LogP contribution in [0.4, 0.5) is 13.2 Å². The van der Waals surface area contributed by atoms with E-state index >= 15 is 0 Å². The van der Waals surface area contributed by atoms with Crippen molar-refractivity contribution >= 4 is 5.96 Å². The smallest absolute Gasteiger partial charge is 0.356 e. The highest BCUT2D eigenvalue weighted by Gasteiger charge is 2.45. The van der Waals surface area contributed by atoms with Crippen LogP contribution in [0.25, 0.3) is 0 Å². The lowest BCUT2D eigenvalue weighted by atomic mass is 9.79. The van der Waals surface area contributed by atoms with Gasteiger partial charge in [0.1, 0.15) is 11.6 Å². The molecule has 0 saturated heterocycles. The average molecular weight is 386 g/mol. The summed E-state index contributed by atoms with van der Waals surface area (Å²) in [6, 6.07) is 0. The van der Waals surface area contributed by atoms with E-state index < -0.39 is 12.1 Å². The van der Waals surface area contributed by atoms with E-state index in [2.05, 4.69) is 30.4 Å². The van der Waals surface area contributed by atoms with E-state index in [1.165, 1.54) is 0 Å². The number of guanidine groups is 1. The zero-order valence-corrected chi connectivity index (χ0v) is 16.0. The maximum atomic E-state index is 13.2. The third-order valence-electron chi connectivity index (χ3n) is 5.87. The van der Waals surface area contributed by atoms with Gasteiger partial charge in [0.15, 0.2) is 5.96 Å². The van der Waals surface area contributed by atoms with Crippen molar-refractivity contribution < 1.29 is 13.2 Å². The average Bonchev–Trinajstić information content (AvgIpc) is 3.02. The number of aryl methyl sites for hydroxylation is 2. The van der Waals surface area contributed by atoms with Crippen molar-refractivity contribution in [1.29, 1.82) is 0 Å². The predicted octanol–water partition coefficient (Wildman–Crippen LogP) is 2.68. The van der Waals surface area contributed by atoms with Crippen molar-refractivity contribution in [3.8, 4) is 0 Å². The molecule has 1 aliphatic heterocycles. The number of alkyl halides is 3. The van der Waals surface area contributed by atoms with Crippen LogP contribution in [0.2, 0.25) is 0 Å². The van der Waals surface area contributed by atoms with Gasteiger partial charge in [-0.05, 0) is 38.0 Å². The monoisotopic (exact) mass is 386 g/mol. The first-order valence-electron chi connectivity index (χ1n) is 9.78. The van der Waals surface area contributed by atoms with Crippen LogP contribution in [0.15, 0.2) is 4.99 Å². The zero-order valence-electron chi connectivity index (χ0n) is 16.0. The molecular weight excluding hydrogens is 357 g/mol. The van der Waals surface area contributed by atoms with Gasteiger partial charge in [0.2, 0.25) is 0 Å². The summed E-state index contributed by atoms with van der Waals surface area (Å²) < 4.78 is 41.8. The number of aliphatic imine (C=N–C) groups is 1. The first-order chi connectivity index (χ1) is 12.9. The van der Waals surface area contributed by atoms with Gasteiger partial charge < -0.3 is 15.2 Å². The number of nitrogens with zero attached hydrogens (tertiary/aromatic N) is 4. The van der Waals surface area contributed by atoms with Crippen LogP contribution in [-0.2, 0) is 13.0 Å². The quantitative estimate of drug-likeness (QED) is 0.617. The summed E-state index contributed by atoms with van der Waals surface area (Å²) in [5.41, 5.74) is 0. The van der Waals surface area contributed by atoms with Gasteiger partial charge in [-0.2, -0.15) is 13.2 Å². The van der Waals surface area contributed by atoms with E-state index in [0.29, 0.717) is 31.3 Å². The molecule has 3 atom stereocenters. The lowest BCUT2D eigenvalue weighted by Crippen LogP contribution is -2.45. The lowest BCUT2D eigenvalue weighted by Gasteiger charge is -2.33. The van der Waals surface area contributed by atoms with Crippen molar-refractivity contribution in [2.75, 3.05) is 20.1 Å². The zero-order chi connectivity index (χ0) is 19.4. The molecule has 0 bridgehead atoms. The second kappa shape index (κ2) is 8.48. The van der Waals surface area contributed by atoms with E-state index in [4.69, 9.17) is 0 Å². The Kier molecular flexibility index (Phi) is 6.26. The molecule has 2 aliphatic rings. The Balaban J connectivity index is 1.48. The van der Waals surface area contributed by atoms with Crippen LogP contribution >= 0.6 is 0 Å². The fourth-order valence-electron chi connectivity index (χ4n) is 4.27. The molecule has 2 heterocycles. The minimum atomic E-state index is -4.11. The van der Waals surface area contributed by atoms with E-state index in [0.717, 1.165) is 44.0 Å². The highest BCUT2D eigenvalue weighted by Crippen LogP contribution is 2.41. The number of rotatable bonds is 4. The summed E-state index contributed by atoms with van der Waals surface area (Å²) in [4.78, 5) is 4.18. The van der Waals surface area contributed by atoms with Gasteiger partial charge in [0.05, 0.1) is 5.92 Å². The van der Waals surface area contributed by atoms with Crippen LogP contribution in [0, 0.1) is 24.7 Å². The van der Waals surface area contributed by atoms with Crippen LogP contribution in [0.5, 0.6) is 0 Å². The molecular formula is C18H29F3N6. The fraction of sp³-hybridized carbons (Fsp3) is 0.833. The number of hydrogen-bond acceptors (Lipinski definition) is 3. The summed E-state index contributed by atoms with van der Waals surface area (Å²) >= 11 is 0. The summed E-state index contributed by atoms with van der Waals surface area (Å²) in [7, 11) is 1.65. The minimum absolute atomic E-state index is 0.241. The number of fused-ring (bicyclic) bond motifs is 1. The highest BCUT2D eigenvalue weighted by molar-refractivity contribution is 5.79. The van der Waals surface area contributed by atoms with Crippen molar-refractivity contribution in [1.82, 2.24) is 25.4 Å². The Morgan fingerprint density at radius 2 is 1.89 bits per heavy atom. The summed E-state index contributed by atoms with van der Waals surface area (Å²) in [6.45, 7) is 3.85. The molecule has 152 valence electrons. The molecule has 6 nitrogen and oxygen atoms in total. The largest absolute Gasteiger partial charge is 0.392 e. The van der Waals surface area contributed by atoms with E-state index in [9.17, 15) is 13.2 Å². The van der Waals surface area contributed by atoms with Crippen LogP contribution in [-0.4, -0.2) is 47.0 Å². The van der Waals surface area contributed by atoms with Crippen molar-refractivity contribution in [2.45, 2.75) is 58.2 Å². The van der Waals surface area contributed by atoms with E-state index in [-0.39, 0.29) is 12.3 Å². The Hall–Kier alpha value is -1.80. The molecule has 27 heavy (non-hydrogen) atoms. The molecule has 3 rings (SSSR count). The summed E-state index contributed by atoms with van der Waals surface area (Å²) in [6.07, 6.45) is 0.195. The van der Waals surface area contributed by atoms with Gasteiger partial charge in [-0.1, -0.05) is 12.8 Å². The topological polar surface area (TPSA) is 67.1 Å². The Bertz CT molecular complexity index is 654. The first-order valence-corrected chi connectivity index (χ1v) is 9.78. The number of halogens is 3. The second-order valence-corrected chi connectivity index (χ2v) is 7.71. The number of nitrogens with one attached hydrogen (secondary N) is 2. The van der Waals surface area contributed by atoms with Gasteiger partial charge in [-0.25, -0.2) is 0 Å². The van der Waals surface area contributed by atoms with Crippen LogP contribution in [0.1, 0.15) is 43.8 Å². The Morgan fingerprint density at radius 3 is 2.63 bits per heavy atom. The third kappa shape index (κ3) is 4.93. The fourth-order valence-corrected chi connectivity index (χ4v) is 4.27. The predicted molar refractivity (Wildman–Crippen MR) is 97.4 cm³/mol. The molecule has 1 saturated carbocycles. The van der Waals surface area contributed by atoms with Crippen molar-refractivity contribution in [2.24, 2.45) is 22.7 Å². The van der Waals surface area contributed by atoms with Gasteiger partial charge in [-0.3, -0.25) is 4.99 Å². The molecule has 1 aliphatic carbocycles. The minimum Gasteiger partial charge on any atom is -0.356 e. The highest BCUT2D eigenvalue weighted by atomic mass is 19.4. The molecule has 1 aromatic heterocycles. The molecule has 9 heteroatoms. The molecule has 0 spiro atoms. The van der Waals surface area contributed by atoms with E-state index in [1.54, 1.807) is 7.05 Å². The van der Waals surface area contributed by atoms with Gasteiger partial charge in [0, 0.05) is 33.1 Å². The molecule has 1 aromatic rings. The SMILES string of the molecule is CN=C(NCC1CCc2nnc(C)n2C1)NCC1CCCCC1C(F)(F)F. The Morgan fingerprint density at radius 1 is 1.15 bits per heavy atom. The Labute approximate surface area is 158 Å². The van der Waals surface area contributed by atoms with Gasteiger partial charge in [-0.15, -0.1) is 10.2 Å². The first kappa shape index (κ1) is 19.9. The van der Waals surface area contributed by atoms with E-state index in [1.807, 2.05) is 6.92 Å². The maximum absolute atomic E-state index is 13.2. The van der Waals surface area contributed by atoms with Crippen molar-refractivity contribution in [3.63, 3.8) is 0 Å². The molecule has 1 fully saturated rings. The second-order valence-electron chi connectivity index (χ2n) is 7.71.